The zero-order valence-electron chi connectivity index (χ0n) is 16.1. The molecule has 2 amide bonds. The van der Waals surface area contributed by atoms with E-state index in [2.05, 4.69) is 5.32 Å². The Kier molecular flexibility index (Phi) is 8.35. The lowest BCUT2D eigenvalue weighted by molar-refractivity contribution is -0.117. The van der Waals surface area contributed by atoms with Crippen LogP contribution in [0, 0.1) is 5.92 Å². The predicted octanol–water partition coefficient (Wildman–Crippen LogP) is 2.94. The van der Waals surface area contributed by atoms with Crippen molar-refractivity contribution in [2.75, 3.05) is 6.54 Å². The SMILES string of the molecule is CC(C)C(O)Oc1ccc(CSc2ccccc2C(=O)NCCC(N)=O)cc1. The van der Waals surface area contributed by atoms with Gasteiger partial charge in [0.1, 0.15) is 5.75 Å². The number of nitrogens with two attached hydrogens (primary N) is 1. The summed E-state index contributed by atoms with van der Waals surface area (Å²) in [5.41, 5.74) is 6.73. The molecule has 2 rings (SSSR count). The summed E-state index contributed by atoms with van der Waals surface area (Å²) in [5, 5.41) is 12.5. The van der Waals surface area contributed by atoms with E-state index < -0.39 is 12.2 Å². The third-order valence-corrected chi connectivity index (χ3v) is 5.08. The topological polar surface area (TPSA) is 102 Å². The van der Waals surface area contributed by atoms with E-state index in [0.717, 1.165) is 10.5 Å². The molecule has 2 aromatic rings. The highest BCUT2D eigenvalue weighted by atomic mass is 32.2. The van der Waals surface area contributed by atoms with Gasteiger partial charge in [0.15, 0.2) is 6.29 Å². The molecule has 1 unspecified atom stereocenters. The summed E-state index contributed by atoms with van der Waals surface area (Å²) < 4.78 is 5.46. The van der Waals surface area contributed by atoms with Gasteiger partial charge in [-0.2, -0.15) is 0 Å². The van der Waals surface area contributed by atoms with Crippen LogP contribution in [0.5, 0.6) is 5.75 Å². The Labute approximate surface area is 169 Å². The molecule has 0 fully saturated rings. The number of hydrogen-bond donors (Lipinski definition) is 3. The van der Waals surface area contributed by atoms with E-state index >= 15 is 0 Å². The van der Waals surface area contributed by atoms with Crippen LogP contribution in [0.1, 0.15) is 36.2 Å². The van der Waals surface area contributed by atoms with Gasteiger partial charge in [-0.15, -0.1) is 11.8 Å². The Hall–Kier alpha value is -2.51. The Morgan fingerprint density at radius 1 is 1.14 bits per heavy atom. The van der Waals surface area contributed by atoms with E-state index in [4.69, 9.17) is 10.5 Å². The number of thioether (sulfide) groups is 1. The first-order valence-corrected chi connectivity index (χ1v) is 10.1. The number of carbonyl (C=O) groups is 2. The summed E-state index contributed by atoms with van der Waals surface area (Å²) in [5.74, 6) is 0.635. The van der Waals surface area contributed by atoms with Crippen LogP contribution in [0.4, 0.5) is 0 Å². The number of primary amides is 1. The molecular formula is C21H26N2O4S. The fraction of sp³-hybridized carbons (Fsp3) is 0.333. The van der Waals surface area contributed by atoms with E-state index in [9.17, 15) is 14.7 Å². The molecule has 0 aliphatic rings. The summed E-state index contributed by atoms with van der Waals surface area (Å²) in [6, 6.07) is 14.9. The lowest BCUT2D eigenvalue weighted by Gasteiger charge is -2.16. The second kappa shape index (κ2) is 10.7. The van der Waals surface area contributed by atoms with Crippen molar-refractivity contribution in [3.8, 4) is 5.75 Å². The largest absolute Gasteiger partial charge is 0.465 e. The quantitative estimate of drug-likeness (QED) is 0.419. The number of aliphatic hydroxyl groups is 1. The highest BCUT2D eigenvalue weighted by molar-refractivity contribution is 7.98. The maximum atomic E-state index is 12.3. The first-order valence-electron chi connectivity index (χ1n) is 9.09. The number of hydrogen-bond acceptors (Lipinski definition) is 5. The Balaban J connectivity index is 1.95. The van der Waals surface area contributed by atoms with Crippen LogP contribution in [0.15, 0.2) is 53.4 Å². The molecule has 0 aromatic heterocycles. The van der Waals surface area contributed by atoms with Gasteiger partial charge in [-0.25, -0.2) is 0 Å². The molecular weight excluding hydrogens is 376 g/mol. The van der Waals surface area contributed by atoms with Crippen molar-refractivity contribution < 1.29 is 19.4 Å². The number of amides is 2. The van der Waals surface area contributed by atoms with Crippen LogP contribution in [0.3, 0.4) is 0 Å². The first-order chi connectivity index (χ1) is 13.4. The average Bonchev–Trinajstić information content (AvgIpc) is 2.67. The van der Waals surface area contributed by atoms with Crippen molar-refractivity contribution in [1.29, 1.82) is 0 Å². The third-order valence-electron chi connectivity index (χ3n) is 3.93. The van der Waals surface area contributed by atoms with Crippen molar-refractivity contribution in [1.82, 2.24) is 5.32 Å². The van der Waals surface area contributed by atoms with Crippen LogP contribution in [-0.2, 0) is 10.5 Å². The van der Waals surface area contributed by atoms with Gasteiger partial charge >= 0.3 is 0 Å². The monoisotopic (exact) mass is 402 g/mol. The summed E-state index contributed by atoms with van der Waals surface area (Å²) in [4.78, 5) is 24.0. The van der Waals surface area contributed by atoms with Gasteiger partial charge in [0.25, 0.3) is 5.91 Å². The number of benzene rings is 2. The summed E-state index contributed by atoms with van der Waals surface area (Å²) in [6.45, 7) is 3.99. The number of aliphatic hydroxyl groups excluding tert-OH is 1. The molecule has 6 nitrogen and oxygen atoms in total. The molecule has 150 valence electrons. The Morgan fingerprint density at radius 3 is 2.46 bits per heavy atom. The molecule has 0 heterocycles. The molecule has 1 atom stereocenters. The highest BCUT2D eigenvalue weighted by Crippen LogP contribution is 2.27. The molecule has 7 heteroatoms. The lowest BCUT2D eigenvalue weighted by Crippen LogP contribution is -2.28. The number of rotatable bonds is 10. The Morgan fingerprint density at radius 2 is 1.82 bits per heavy atom. The molecule has 0 spiro atoms. The minimum Gasteiger partial charge on any atom is -0.465 e. The van der Waals surface area contributed by atoms with Gasteiger partial charge in [-0.3, -0.25) is 9.59 Å². The summed E-state index contributed by atoms with van der Waals surface area (Å²) >= 11 is 1.55. The van der Waals surface area contributed by atoms with Crippen LogP contribution in [-0.4, -0.2) is 29.8 Å². The molecule has 2 aromatic carbocycles. The lowest BCUT2D eigenvalue weighted by atomic mass is 10.2. The number of nitrogens with one attached hydrogen (secondary N) is 1. The maximum absolute atomic E-state index is 12.3. The van der Waals surface area contributed by atoms with Gasteiger partial charge in [-0.1, -0.05) is 38.1 Å². The number of ether oxygens (including phenoxy) is 1. The molecule has 0 bridgehead atoms. The summed E-state index contributed by atoms with van der Waals surface area (Å²) in [6.07, 6.45) is -0.721. The third kappa shape index (κ3) is 6.90. The molecule has 28 heavy (non-hydrogen) atoms. The average molecular weight is 403 g/mol. The second-order valence-electron chi connectivity index (χ2n) is 6.65. The zero-order chi connectivity index (χ0) is 20.5. The minimum absolute atomic E-state index is 0.0147. The standard InChI is InChI=1S/C21H26N2O4S/c1-14(2)21(26)27-16-9-7-15(8-10-16)13-28-18-6-4-3-5-17(18)20(25)23-12-11-19(22)24/h3-10,14,21,26H,11-13H2,1-2H3,(H2,22,24)(H,23,25). The molecule has 0 saturated heterocycles. The van der Waals surface area contributed by atoms with E-state index in [-0.39, 0.29) is 24.8 Å². The van der Waals surface area contributed by atoms with Crippen LogP contribution in [0.2, 0.25) is 0 Å². The molecule has 0 aliphatic carbocycles. The van der Waals surface area contributed by atoms with Crippen molar-refractivity contribution in [2.24, 2.45) is 11.7 Å². The van der Waals surface area contributed by atoms with E-state index in [0.29, 0.717) is 17.1 Å². The van der Waals surface area contributed by atoms with E-state index in [1.54, 1.807) is 23.9 Å². The van der Waals surface area contributed by atoms with Crippen molar-refractivity contribution in [3.05, 3.63) is 59.7 Å². The van der Waals surface area contributed by atoms with E-state index in [1.165, 1.54) is 0 Å². The van der Waals surface area contributed by atoms with Crippen LogP contribution < -0.4 is 15.8 Å². The van der Waals surface area contributed by atoms with Gasteiger partial charge in [0.05, 0.1) is 5.56 Å². The molecule has 0 saturated carbocycles. The predicted molar refractivity (Wildman–Crippen MR) is 110 cm³/mol. The van der Waals surface area contributed by atoms with Gasteiger partial charge in [-0.05, 0) is 29.8 Å². The van der Waals surface area contributed by atoms with Gasteiger partial charge < -0.3 is 20.9 Å². The second-order valence-corrected chi connectivity index (χ2v) is 7.67. The smallest absolute Gasteiger partial charge is 0.252 e. The van der Waals surface area contributed by atoms with Gasteiger partial charge in [0, 0.05) is 29.5 Å². The fourth-order valence-electron chi connectivity index (χ4n) is 2.28. The first kappa shape index (κ1) is 21.8. The molecule has 0 radical (unpaired) electrons. The number of carbonyl (C=O) groups excluding carboxylic acids is 2. The highest BCUT2D eigenvalue weighted by Gasteiger charge is 2.12. The van der Waals surface area contributed by atoms with Crippen LogP contribution >= 0.6 is 11.8 Å². The normalized spacial score (nSPS) is 11.9. The van der Waals surface area contributed by atoms with E-state index in [1.807, 2.05) is 50.2 Å². The fourth-order valence-corrected chi connectivity index (χ4v) is 3.28. The molecule has 0 aliphatic heterocycles. The van der Waals surface area contributed by atoms with Gasteiger partial charge in [0.2, 0.25) is 5.91 Å². The van der Waals surface area contributed by atoms with Crippen molar-refractivity contribution in [3.63, 3.8) is 0 Å². The maximum Gasteiger partial charge on any atom is 0.252 e. The summed E-state index contributed by atoms with van der Waals surface area (Å²) in [7, 11) is 0. The minimum atomic E-state index is -0.833. The zero-order valence-corrected chi connectivity index (χ0v) is 16.9. The van der Waals surface area contributed by atoms with Crippen molar-refractivity contribution >= 4 is 23.6 Å². The Bertz CT molecular complexity index is 793. The van der Waals surface area contributed by atoms with Crippen LogP contribution in [0.25, 0.3) is 0 Å². The molecule has 4 N–H and O–H groups in total. The van der Waals surface area contributed by atoms with Crippen molar-refractivity contribution in [2.45, 2.75) is 37.2 Å².